The Morgan fingerprint density at radius 1 is 1.21 bits per heavy atom. The number of aromatic hydroxyl groups is 1. The number of allylic oxidation sites excluding steroid dienone is 1. The van der Waals surface area contributed by atoms with E-state index in [0.717, 1.165) is 54.6 Å². The van der Waals surface area contributed by atoms with Crippen molar-refractivity contribution in [2.75, 3.05) is 13.7 Å². The number of likely N-dealkylation sites (tertiary alicyclic amines) is 1. The van der Waals surface area contributed by atoms with Crippen molar-refractivity contribution < 1.29 is 19.4 Å². The summed E-state index contributed by atoms with van der Waals surface area (Å²) >= 11 is 0. The van der Waals surface area contributed by atoms with Gasteiger partial charge in [0, 0.05) is 54.2 Å². The molecule has 38 heavy (non-hydrogen) atoms. The fourth-order valence-electron chi connectivity index (χ4n) is 5.73. The number of aryl methyl sites for hydroxylation is 1. The molecule has 0 amide bonds. The van der Waals surface area contributed by atoms with Gasteiger partial charge in [0.1, 0.15) is 17.2 Å². The number of carbonyl (C=O) groups is 1. The first kappa shape index (κ1) is 24.2. The van der Waals surface area contributed by atoms with Crippen LogP contribution in [0.25, 0.3) is 17.0 Å². The van der Waals surface area contributed by atoms with Crippen molar-refractivity contribution in [3.05, 3.63) is 89.1 Å². The van der Waals surface area contributed by atoms with Crippen LogP contribution in [-0.2, 0) is 13.1 Å². The summed E-state index contributed by atoms with van der Waals surface area (Å²) in [5, 5.41) is 11.9. The molecule has 2 aliphatic heterocycles. The zero-order chi connectivity index (χ0) is 26.2. The van der Waals surface area contributed by atoms with Crippen molar-refractivity contribution in [1.29, 1.82) is 0 Å². The lowest BCUT2D eigenvalue weighted by atomic mass is 9.95. The number of fused-ring (bicyclic) bond motifs is 2. The Morgan fingerprint density at radius 2 is 2.11 bits per heavy atom. The highest BCUT2D eigenvalue weighted by Gasteiger charge is 2.33. The number of ketones is 1. The van der Waals surface area contributed by atoms with Crippen LogP contribution in [0.5, 0.6) is 17.2 Å². The number of methoxy groups -OCH3 is 1. The zero-order valence-corrected chi connectivity index (χ0v) is 21.7. The number of rotatable bonds is 6. The van der Waals surface area contributed by atoms with Crippen LogP contribution in [0, 0.1) is 0 Å². The third-order valence-corrected chi connectivity index (χ3v) is 7.71. The number of hydrogen-bond acceptors (Lipinski definition) is 6. The number of piperidine rings is 1. The Morgan fingerprint density at radius 3 is 2.89 bits per heavy atom. The second-order valence-electron chi connectivity index (χ2n) is 9.90. The molecule has 2 aliphatic rings. The molecule has 7 heteroatoms. The molecule has 1 saturated heterocycles. The molecule has 1 fully saturated rings. The van der Waals surface area contributed by atoms with Gasteiger partial charge in [0.25, 0.3) is 0 Å². The Labute approximate surface area is 221 Å². The van der Waals surface area contributed by atoms with Gasteiger partial charge in [-0.3, -0.25) is 14.7 Å². The smallest absolute Gasteiger partial charge is 0.231 e. The minimum Gasteiger partial charge on any atom is -0.507 e. The molecule has 0 spiro atoms. The molecular formula is C31H31N3O4. The maximum atomic E-state index is 13.4. The van der Waals surface area contributed by atoms with E-state index >= 15 is 0 Å². The highest BCUT2D eigenvalue weighted by molar-refractivity contribution is 6.15. The molecule has 7 nitrogen and oxygen atoms in total. The number of ether oxygens (including phenoxy) is 2. The van der Waals surface area contributed by atoms with Crippen LogP contribution < -0.4 is 9.47 Å². The molecule has 1 N–H and O–H groups in total. The number of pyridine rings is 1. The molecule has 6 rings (SSSR count). The summed E-state index contributed by atoms with van der Waals surface area (Å²) in [5.41, 5.74) is 4.24. The standard InChI is InChI=1S/C31H31N3O4/c1-3-33-18-21(24-16-22(37-2)9-11-27(24)33)15-29-30(36)23-10-12-28(35)25(31(23)38-29)19-34-14-5-4-8-26(34)20-7-6-13-32-17-20/h6-7,9-13,15-18,26,35H,3-5,8,14,19H2,1-2H3/b29-15-/t26-/m0/s1. The van der Waals surface area contributed by atoms with Crippen LogP contribution in [-0.4, -0.2) is 39.0 Å². The Bertz CT molecular complexity index is 1540. The summed E-state index contributed by atoms with van der Waals surface area (Å²) in [5.74, 6) is 1.43. The summed E-state index contributed by atoms with van der Waals surface area (Å²) in [6.45, 7) is 4.27. The Kier molecular flexibility index (Phi) is 6.37. The lowest BCUT2D eigenvalue weighted by Crippen LogP contribution is -2.33. The van der Waals surface area contributed by atoms with Crippen molar-refractivity contribution in [3.63, 3.8) is 0 Å². The van der Waals surface area contributed by atoms with Gasteiger partial charge in [-0.05, 0) is 74.3 Å². The first-order valence-corrected chi connectivity index (χ1v) is 13.2. The zero-order valence-electron chi connectivity index (χ0n) is 21.7. The van der Waals surface area contributed by atoms with Gasteiger partial charge >= 0.3 is 0 Å². The van der Waals surface area contributed by atoms with E-state index in [9.17, 15) is 9.90 Å². The first-order chi connectivity index (χ1) is 18.6. The Hall–Kier alpha value is -4.10. The second kappa shape index (κ2) is 9.99. The second-order valence-corrected chi connectivity index (χ2v) is 9.90. The summed E-state index contributed by atoms with van der Waals surface area (Å²) in [6, 6.07) is 13.5. The van der Waals surface area contributed by atoms with Gasteiger partial charge in [-0.15, -0.1) is 0 Å². The normalized spacial score (nSPS) is 18.6. The van der Waals surface area contributed by atoms with Crippen molar-refractivity contribution in [2.24, 2.45) is 0 Å². The SMILES string of the molecule is CCn1cc(/C=C2\Oc3c(ccc(O)c3CN3CCCC[C@H]3c3cccnc3)C2=O)c2cc(OC)ccc21. The van der Waals surface area contributed by atoms with Gasteiger partial charge < -0.3 is 19.1 Å². The minimum atomic E-state index is -0.177. The molecule has 0 unspecified atom stereocenters. The molecule has 0 radical (unpaired) electrons. The average molecular weight is 510 g/mol. The van der Waals surface area contributed by atoms with Gasteiger partial charge in [0.2, 0.25) is 5.78 Å². The van der Waals surface area contributed by atoms with E-state index in [4.69, 9.17) is 9.47 Å². The summed E-state index contributed by atoms with van der Waals surface area (Å²) in [4.78, 5) is 20.1. The van der Waals surface area contributed by atoms with Gasteiger partial charge in [-0.2, -0.15) is 0 Å². The predicted octanol–water partition coefficient (Wildman–Crippen LogP) is 6.11. The summed E-state index contributed by atoms with van der Waals surface area (Å²) < 4.78 is 13.8. The average Bonchev–Trinajstić information content (AvgIpc) is 3.47. The largest absolute Gasteiger partial charge is 0.507 e. The fourth-order valence-corrected chi connectivity index (χ4v) is 5.73. The van der Waals surface area contributed by atoms with E-state index in [-0.39, 0.29) is 23.3 Å². The molecule has 2 aromatic heterocycles. The lowest BCUT2D eigenvalue weighted by molar-refractivity contribution is 0.101. The van der Waals surface area contributed by atoms with Crippen molar-refractivity contribution in [3.8, 4) is 17.2 Å². The summed E-state index contributed by atoms with van der Waals surface area (Å²) in [7, 11) is 1.64. The molecule has 194 valence electrons. The lowest BCUT2D eigenvalue weighted by Gasteiger charge is -2.36. The minimum absolute atomic E-state index is 0.139. The summed E-state index contributed by atoms with van der Waals surface area (Å²) in [6.07, 6.45) is 10.8. The first-order valence-electron chi connectivity index (χ1n) is 13.2. The number of carbonyl (C=O) groups excluding carboxylic acids is 1. The van der Waals surface area contributed by atoms with E-state index < -0.39 is 0 Å². The van der Waals surface area contributed by atoms with E-state index in [1.54, 1.807) is 31.5 Å². The molecule has 4 aromatic rings. The van der Waals surface area contributed by atoms with Gasteiger partial charge in [0.15, 0.2) is 5.76 Å². The van der Waals surface area contributed by atoms with Crippen LogP contribution in [0.1, 0.15) is 59.3 Å². The molecule has 0 aliphatic carbocycles. The number of phenolic OH excluding ortho intramolecular Hbond substituents is 1. The quantitative estimate of drug-likeness (QED) is 0.316. The van der Waals surface area contributed by atoms with Crippen molar-refractivity contribution in [1.82, 2.24) is 14.5 Å². The van der Waals surface area contributed by atoms with Gasteiger partial charge in [-0.25, -0.2) is 0 Å². The van der Waals surface area contributed by atoms with Crippen molar-refractivity contribution in [2.45, 2.75) is 45.3 Å². The third-order valence-electron chi connectivity index (χ3n) is 7.71. The van der Waals surface area contributed by atoms with Crippen LogP contribution in [0.2, 0.25) is 0 Å². The maximum absolute atomic E-state index is 13.4. The number of phenols is 1. The van der Waals surface area contributed by atoms with Crippen molar-refractivity contribution >= 4 is 22.8 Å². The molecule has 0 saturated carbocycles. The highest BCUT2D eigenvalue weighted by Crippen LogP contribution is 2.42. The fraction of sp³-hybridized carbons (Fsp3) is 0.290. The number of nitrogens with zero attached hydrogens (tertiary/aromatic N) is 3. The van der Waals surface area contributed by atoms with Gasteiger partial charge in [-0.1, -0.05) is 12.5 Å². The van der Waals surface area contributed by atoms with Gasteiger partial charge in [0.05, 0.1) is 18.2 Å². The number of benzene rings is 2. The topological polar surface area (TPSA) is 76.8 Å². The molecule has 4 heterocycles. The van der Waals surface area contributed by atoms with Crippen LogP contribution >= 0.6 is 0 Å². The van der Waals surface area contributed by atoms with Crippen LogP contribution in [0.3, 0.4) is 0 Å². The molecule has 1 atom stereocenters. The van der Waals surface area contributed by atoms with E-state index in [0.29, 0.717) is 23.4 Å². The van der Waals surface area contributed by atoms with Crippen LogP contribution in [0.15, 0.2) is 66.8 Å². The number of aromatic nitrogens is 2. The monoisotopic (exact) mass is 509 g/mol. The Balaban J connectivity index is 1.35. The predicted molar refractivity (Wildman–Crippen MR) is 146 cm³/mol. The molecule has 0 bridgehead atoms. The van der Waals surface area contributed by atoms with E-state index in [1.807, 2.05) is 36.7 Å². The highest BCUT2D eigenvalue weighted by atomic mass is 16.5. The maximum Gasteiger partial charge on any atom is 0.231 e. The van der Waals surface area contributed by atoms with Crippen LogP contribution in [0.4, 0.5) is 0 Å². The molecule has 2 aromatic carbocycles. The molecular weight excluding hydrogens is 478 g/mol. The number of hydrogen-bond donors (Lipinski definition) is 1. The van der Waals surface area contributed by atoms with E-state index in [1.165, 1.54) is 5.56 Å². The van der Waals surface area contributed by atoms with E-state index in [2.05, 4.69) is 27.4 Å². The number of Topliss-reactive ketones (excluding diaryl/α,β-unsaturated/α-hetero) is 1. The third kappa shape index (κ3) is 4.23.